The van der Waals surface area contributed by atoms with Crippen molar-refractivity contribution in [3.8, 4) is 11.3 Å². The summed E-state index contributed by atoms with van der Waals surface area (Å²) in [4.78, 5) is 17.3. The number of piperidine rings is 1. The van der Waals surface area contributed by atoms with E-state index in [0.29, 0.717) is 16.9 Å². The van der Waals surface area contributed by atoms with Gasteiger partial charge in [0.05, 0.1) is 11.8 Å². The second kappa shape index (κ2) is 7.11. The summed E-state index contributed by atoms with van der Waals surface area (Å²) in [6, 6.07) is 1.75. The number of hydrogen-bond donors (Lipinski definition) is 0. The number of aromatic nitrogens is 3. The molecule has 7 heteroatoms. The predicted octanol–water partition coefficient (Wildman–Crippen LogP) is 2.72. The quantitative estimate of drug-likeness (QED) is 0.812. The molecule has 0 unspecified atom stereocenters. The van der Waals surface area contributed by atoms with Gasteiger partial charge in [0.2, 0.25) is 0 Å². The van der Waals surface area contributed by atoms with Gasteiger partial charge >= 0.3 is 0 Å². The van der Waals surface area contributed by atoms with Crippen LogP contribution in [0.4, 0.5) is 0 Å². The van der Waals surface area contributed by atoms with Gasteiger partial charge in [-0.2, -0.15) is 5.10 Å². The molecule has 7 nitrogen and oxygen atoms in total. The maximum Gasteiger partial charge on any atom is 0.276 e. The van der Waals surface area contributed by atoms with Gasteiger partial charge in [-0.05, 0) is 64.6 Å². The molecule has 146 valence electrons. The first-order valence-corrected chi connectivity index (χ1v) is 9.91. The Bertz CT molecular complexity index is 816. The van der Waals surface area contributed by atoms with Crippen molar-refractivity contribution >= 4 is 5.91 Å². The van der Waals surface area contributed by atoms with Crippen LogP contribution in [-0.4, -0.2) is 63.9 Å². The molecule has 4 rings (SSSR count). The Balaban J connectivity index is 1.42. The van der Waals surface area contributed by atoms with Crippen LogP contribution in [0.25, 0.3) is 11.3 Å². The van der Waals surface area contributed by atoms with Gasteiger partial charge in [0.1, 0.15) is 0 Å². The van der Waals surface area contributed by atoms with Crippen molar-refractivity contribution in [2.24, 2.45) is 12.5 Å². The summed E-state index contributed by atoms with van der Waals surface area (Å²) in [5.41, 5.74) is 2.68. The van der Waals surface area contributed by atoms with E-state index in [2.05, 4.69) is 22.2 Å². The van der Waals surface area contributed by atoms with Crippen LogP contribution in [-0.2, 0) is 7.05 Å². The molecule has 0 bridgehead atoms. The molecule has 0 N–H and O–H groups in total. The summed E-state index contributed by atoms with van der Waals surface area (Å²) in [5, 5.41) is 8.26. The summed E-state index contributed by atoms with van der Waals surface area (Å²) in [6.45, 7) is 5.97. The molecule has 2 aliphatic heterocycles. The second-order valence-electron chi connectivity index (χ2n) is 8.29. The average molecular weight is 371 g/mol. The molecule has 1 amide bonds. The van der Waals surface area contributed by atoms with Gasteiger partial charge in [0, 0.05) is 31.9 Å². The summed E-state index contributed by atoms with van der Waals surface area (Å²) in [5.74, 6) is 0.580. The Kier molecular flexibility index (Phi) is 4.80. The molecular weight excluding hydrogens is 342 g/mol. The molecule has 0 radical (unpaired) electrons. The van der Waals surface area contributed by atoms with Crippen molar-refractivity contribution in [3.63, 3.8) is 0 Å². The molecular formula is C20H29N5O2. The van der Waals surface area contributed by atoms with Gasteiger partial charge in [-0.15, -0.1) is 0 Å². The van der Waals surface area contributed by atoms with Crippen LogP contribution in [0.1, 0.15) is 48.3 Å². The maximum atomic E-state index is 12.9. The zero-order chi connectivity index (χ0) is 19.0. The van der Waals surface area contributed by atoms with Crippen molar-refractivity contribution in [2.75, 3.05) is 33.2 Å². The lowest BCUT2D eigenvalue weighted by atomic mass is 9.73. The van der Waals surface area contributed by atoms with Gasteiger partial charge in [-0.1, -0.05) is 5.16 Å². The molecule has 0 aliphatic carbocycles. The number of carbonyl (C=O) groups excluding carboxylic acids is 1. The topological polar surface area (TPSA) is 67.4 Å². The fraction of sp³-hybridized carbons (Fsp3) is 0.650. The minimum atomic E-state index is -0.0212. The highest BCUT2D eigenvalue weighted by Crippen LogP contribution is 2.41. The Morgan fingerprint density at radius 2 is 1.85 bits per heavy atom. The standard InChI is InChI=1S/C20H29N5O2/c1-15-16(14-21-24(15)3)18-13-17(22-27-18)19(26)25-11-7-20(8-12-25)5-4-9-23(2)10-6-20/h13-14H,4-12H2,1-3H3. The van der Waals surface area contributed by atoms with Gasteiger partial charge in [-0.25, -0.2) is 0 Å². The van der Waals surface area contributed by atoms with Gasteiger partial charge in [-0.3, -0.25) is 9.48 Å². The molecule has 2 aromatic rings. The fourth-order valence-electron chi connectivity index (χ4n) is 4.48. The number of likely N-dealkylation sites (tertiary alicyclic amines) is 2. The number of nitrogens with zero attached hydrogens (tertiary/aromatic N) is 5. The fourth-order valence-corrected chi connectivity index (χ4v) is 4.48. The lowest BCUT2D eigenvalue weighted by molar-refractivity contribution is 0.0533. The average Bonchev–Trinajstić information content (AvgIpc) is 3.23. The van der Waals surface area contributed by atoms with Crippen molar-refractivity contribution < 1.29 is 9.32 Å². The zero-order valence-corrected chi connectivity index (χ0v) is 16.6. The van der Waals surface area contributed by atoms with Crippen molar-refractivity contribution in [1.82, 2.24) is 24.7 Å². The van der Waals surface area contributed by atoms with Crippen LogP contribution in [0.3, 0.4) is 0 Å². The first-order valence-electron chi connectivity index (χ1n) is 9.91. The zero-order valence-electron chi connectivity index (χ0n) is 16.6. The maximum absolute atomic E-state index is 12.9. The Morgan fingerprint density at radius 1 is 1.11 bits per heavy atom. The van der Waals surface area contributed by atoms with E-state index >= 15 is 0 Å². The second-order valence-corrected chi connectivity index (χ2v) is 8.29. The Morgan fingerprint density at radius 3 is 2.56 bits per heavy atom. The summed E-state index contributed by atoms with van der Waals surface area (Å²) < 4.78 is 7.22. The van der Waals surface area contributed by atoms with Crippen LogP contribution < -0.4 is 0 Å². The lowest BCUT2D eigenvalue weighted by Crippen LogP contribution is -2.43. The van der Waals surface area contributed by atoms with Gasteiger partial charge in [0.25, 0.3) is 5.91 Å². The molecule has 0 atom stereocenters. The molecule has 0 aromatic carbocycles. The van der Waals surface area contributed by atoms with E-state index in [1.165, 1.54) is 32.4 Å². The normalized spacial score (nSPS) is 20.8. The monoisotopic (exact) mass is 371 g/mol. The minimum absolute atomic E-state index is 0.0212. The first kappa shape index (κ1) is 18.2. The molecule has 0 saturated carbocycles. The number of aryl methyl sites for hydroxylation is 1. The van der Waals surface area contributed by atoms with Gasteiger partial charge in [0.15, 0.2) is 11.5 Å². The Hall–Kier alpha value is -2.15. The highest BCUT2D eigenvalue weighted by Gasteiger charge is 2.37. The number of hydrogen-bond acceptors (Lipinski definition) is 5. The van der Waals surface area contributed by atoms with Crippen LogP contribution >= 0.6 is 0 Å². The van der Waals surface area contributed by atoms with E-state index in [1.54, 1.807) is 16.9 Å². The summed E-state index contributed by atoms with van der Waals surface area (Å²) in [6.07, 6.45) is 7.74. The van der Waals surface area contributed by atoms with E-state index in [4.69, 9.17) is 4.52 Å². The van der Waals surface area contributed by atoms with Crippen molar-refractivity contribution in [2.45, 2.75) is 39.0 Å². The molecule has 2 fully saturated rings. The lowest BCUT2D eigenvalue weighted by Gasteiger charge is -2.41. The molecule has 27 heavy (non-hydrogen) atoms. The van der Waals surface area contributed by atoms with Crippen LogP contribution in [0.5, 0.6) is 0 Å². The first-order chi connectivity index (χ1) is 13.0. The van der Waals surface area contributed by atoms with E-state index in [9.17, 15) is 4.79 Å². The molecule has 4 heterocycles. The summed E-state index contributed by atoms with van der Waals surface area (Å²) in [7, 11) is 4.10. The summed E-state index contributed by atoms with van der Waals surface area (Å²) >= 11 is 0. The largest absolute Gasteiger partial charge is 0.355 e. The third-order valence-electron chi connectivity index (χ3n) is 6.61. The SMILES string of the molecule is Cc1c(-c2cc(C(=O)N3CCC4(CCCN(C)CC4)CC3)no2)cnn1C. The number of carbonyl (C=O) groups is 1. The van der Waals surface area contributed by atoms with Crippen LogP contribution in [0.2, 0.25) is 0 Å². The van der Waals surface area contributed by atoms with E-state index < -0.39 is 0 Å². The van der Waals surface area contributed by atoms with Crippen LogP contribution in [0, 0.1) is 12.3 Å². The third kappa shape index (κ3) is 3.52. The number of amides is 1. The highest BCUT2D eigenvalue weighted by atomic mass is 16.5. The van der Waals surface area contributed by atoms with Crippen LogP contribution in [0.15, 0.2) is 16.8 Å². The van der Waals surface area contributed by atoms with Gasteiger partial charge < -0.3 is 14.3 Å². The molecule has 1 spiro atoms. The Labute approximate surface area is 160 Å². The molecule has 2 aromatic heterocycles. The van der Waals surface area contributed by atoms with Crippen molar-refractivity contribution in [3.05, 3.63) is 23.7 Å². The smallest absolute Gasteiger partial charge is 0.276 e. The van der Waals surface area contributed by atoms with Crippen molar-refractivity contribution in [1.29, 1.82) is 0 Å². The minimum Gasteiger partial charge on any atom is -0.355 e. The molecule has 2 aliphatic rings. The molecule has 2 saturated heterocycles. The highest BCUT2D eigenvalue weighted by molar-refractivity contribution is 5.93. The van der Waals surface area contributed by atoms with E-state index in [1.807, 2.05) is 18.9 Å². The third-order valence-corrected chi connectivity index (χ3v) is 6.61. The van der Waals surface area contributed by atoms with E-state index in [0.717, 1.165) is 37.2 Å². The van der Waals surface area contributed by atoms with E-state index in [-0.39, 0.29) is 5.91 Å². The number of rotatable bonds is 2. The predicted molar refractivity (Wildman–Crippen MR) is 102 cm³/mol.